The molecule has 0 spiro atoms. The fourth-order valence-electron chi connectivity index (χ4n) is 3.30. The summed E-state index contributed by atoms with van der Waals surface area (Å²) in [7, 11) is 0. The van der Waals surface area contributed by atoms with Crippen molar-refractivity contribution in [2.24, 2.45) is 0 Å². The quantitative estimate of drug-likeness (QED) is 0.796. The number of aliphatic hydroxyl groups is 1. The van der Waals surface area contributed by atoms with Crippen molar-refractivity contribution in [2.45, 2.75) is 6.04 Å². The van der Waals surface area contributed by atoms with Crippen LogP contribution in [0.25, 0.3) is 11.0 Å². The molecule has 1 atom stereocenters. The Morgan fingerprint density at radius 1 is 1.08 bits per heavy atom. The number of benzene rings is 2. The Balaban J connectivity index is 2.00. The first-order valence-corrected chi connectivity index (χ1v) is 7.85. The van der Waals surface area contributed by atoms with E-state index in [0.29, 0.717) is 16.5 Å². The Bertz CT molecular complexity index is 1030. The lowest BCUT2D eigenvalue weighted by Gasteiger charge is -2.24. The van der Waals surface area contributed by atoms with Crippen LogP contribution in [0.1, 0.15) is 27.7 Å². The van der Waals surface area contributed by atoms with Crippen molar-refractivity contribution in [2.75, 3.05) is 13.2 Å². The fourth-order valence-corrected chi connectivity index (χ4v) is 3.30. The first kappa shape index (κ1) is 15.5. The summed E-state index contributed by atoms with van der Waals surface area (Å²) in [6, 6.07) is 11.6. The summed E-state index contributed by atoms with van der Waals surface area (Å²) in [6.07, 6.45) is 0. The lowest BCUT2D eigenvalue weighted by molar-refractivity contribution is 0.0691. The first-order chi connectivity index (χ1) is 12.1. The van der Waals surface area contributed by atoms with Gasteiger partial charge in [-0.25, -0.2) is 4.39 Å². The highest BCUT2D eigenvalue weighted by Crippen LogP contribution is 2.37. The molecule has 3 aromatic rings. The van der Waals surface area contributed by atoms with Gasteiger partial charge in [0.25, 0.3) is 5.91 Å². The average molecular weight is 339 g/mol. The largest absolute Gasteiger partial charge is 0.450 e. The maximum absolute atomic E-state index is 13.3. The third-order valence-electron chi connectivity index (χ3n) is 4.40. The van der Waals surface area contributed by atoms with Crippen molar-refractivity contribution < 1.29 is 18.7 Å². The van der Waals surface area contributed by atoms with E-state index in [9.17, 15) is 19.1 Å². The normalized spacial score (nSPS) is 16.5. The number of amides is 1. The maximum atomic E-state index is 13.3. The summed E-state index contributed by atoms with van der Waals surface area (Å²) in [4.78, 5) is 27.1. The number of hydrogen-bond acceptors (Lipinski definition) is 4. The number of β-amino-alcohol motifs (C(OH)–C–C–N with tert-alkyl or cyclic N) is 1. The molecule has 1 aromatic heterocycles. The van der Waals surface area contributed by atoms with Gasteiger partial charge in [0.15, 0.2) is 5.43 Å². The molecule has 0 aliphatic carbocycles. The van der Waals surface area contributed by atoms with Crippen molar-refractivity contribution in [1.82, 2.24) is 4.90 Å². The van der Waals surface area contributed by atoms with E-state index in [-0.39, 0.29) is 29.9 Å². The number of aliphatic hydroxyl groups excluding tert-OH is 1. The SMILES string of the molecule is O=C1c2oc3ccccc3c(=O)c2[C@@H](c2ccc(F)cc2)N1CCO. The molecule has 0 unspecified atom stereocenters. The van der Waals surface area contributed by atoms with Gasteiger partial charge in [0, 0.05) is 6.54 Å². The number of nitrogens with zero attached hydrogens (tertiary/aromatic N) is 1. The van der Waals surface area contributed by atoms with E-state index in [4.69, 9.17) is 4.42 Å². The minimum Gasteiger partial charge on any atom is -0.450 e. The van der Waals surface area contributed by atoms with Crippen LogP contribution in [-0.2, 0) is 0 Å². The van der Waals surface area contributed by atoms with Crippen LogP contribution >= 0.6 is 0 Å². The first-order valence-electron chi connectivity index (χ1n) is 7.85. The van der Waals surface area contributed by atoms with Gasteiger partial charge in [-0.05, 0) is 29.8 Å². The molecule has 126 valence electrons. The summed E-state index contributed by atoms with van der Waals surface area (Å²) in [5, 5.41) is 9.71. The third-order valence-corrected chi connectivity index (χ3v) is 4.40. The van der Waals surface area contributed by atoms with Crippen LogP contribution in [0.5, 0.6) is 0 Å². The van der Waals surface area contributed by atoms with Gasteiger partial charge in [-0.1, -0.05) is 24.3 Å². The Morgan fingerprint density at radius 2 is 1.80 bits per heavy atom. The zero-order chi connectivity index (χ0) is 17.6. The van der Waals surface area contributed by atoms with Gasteiger partial charge < -0.3 is 14.4 Å². The van der Waals surface area contributed by atoms with Gasteiger partial charge >= 0.3 is 0 Å². The molecular weight excluding hydrogens is 325 g/mol. The minimum atomic E-state index is -0.712. The molecule has 0 radical (unpaired) electrons. The predicted octanol–water partition coefficient (Wildman–Crippen LogP) is 2.47. The highest BCUT2D eigenvalue weighted by atomic mass is 19.1. The molecule has 4 rings (SSSR count). The molecule has 1 aliphatic heterocycles. The Hall–Kier alpha value is -2.99. The van der Waals surface area contributed by atoms with E-state index in [1.54, 1.807) is 24.3 Å². The van der Waals surface area contributed by atoms with Gasteiger partial charge in [0.05, 0.1) is 23.6 Å². The molecule has 2 heterocycles. The number of carbonyl (C=O) groups is 1. The van der Waals surface area contributed by atoms with E-state index in [2.05, 4.69) is 0 Å². The molecule has 0 bridgehead atoms. The van der Waals surface area contributed by atoms with Crippen molar-refractivity contribution in [1.29, 1.82) is 0 Å². The van der Waals surface area contributed by atoms with E-state index < -0.39 is 17.8 Å². The third kappa shape index (κ3) is 2.34. The van der Waals surface area contributed by atoms with Crippen molar-refractivity contribution in [3.05, 3.63) is 81.5 Å². The number of halogens is 1. The maximum Gasteiger partial charge on any atom is 0.290 e. The van der Waals surface area contributed by atoms with Gasteiger partial charge in [-0.3, -0.25) is 9.59 Å². The molecule has 0 saturated carbocycles. The summed E-state index contributed by atoms with van der Waals surface area (Å²) in [6.45, 7) is -0.216. The van der Waals surface area contributed by atoms with Crippen LogP contribution in [0.15, 0.2) is 57.7 Å². The Kier molecular flexibility index (Phi) is 3.62. The predicted molar refractivity (Wildman–Crippen MR) is 88.8 cm³/mol. The van der Waals surface area contributed by atoms with Crippen molar-refractivity contribution in [3.63, 3.8) is 0 Å². The number of hydrogen-bond donors (Lipinski definition) is 1. The highest BCUT2D eigenvalue weighted by molar-refractivity contribution is 5.99. The second kappa shape index (κ2) is 5.82. The second-order valence-electron chi connectivity index (χ2n) is 5.85. The van der Waals surface area contributed by atoms with E-state index in [1.165, 1.54) is 29.2 Å². The standard InChI is InChI=1S/C19H14FNO4/c20-12-7-5-11(6-8-12)16-15-17(23)13-3-1-2-4-14(13)25-18(15)19(24)21(16)9-10-22/h1-8,16,22H,9-10H2/t16-/m1/s1. The summed E-state index contributed by atoms with van der Waals surface area (Å²) in [5.41, 5.74) is 0.858. The molecule has 1 aliphatic rings. The number of rotatable bonds is 3. The van der Waals surface area contributed by atoms with E-state index in [0.717, 1.165) is 0 Å². The van der Waals surface area contributed by atoms with Crippen molar-refractivity contribution in [3.8, 4) is 0 Å². The van der Waals surface area contributed by atoms with E-state index >= 15 is 0 Å². The van der Waals surface area contributed by atoms with Gasteiger partial charge in [0.2, 0.25) is 5.76 Å². The molecule has 0 saturated heterocycles. The highest BCUT2D eigenvalue weighted by Gasteiger charge is 2.42. The minimum absolute atomic E-state index is 0.0218. The average Bonchev–Trinajstić information content (AvgIpc) is 2.89. The van der Waals surface area contributed by atoms with Gasteiger partial charge in [-0.15, -0.1) is 0 Å². The fraction of sp³-hybridized carbons (Fsp3) is 0.158. The molecule has 1 amide bonds. The molecular formula is C19H14FNO4. The van der Waals surface area contributed by atoms with Crippen LogP contribution < -0.4 is 5.43 Å². The van der Waals surface area contributed by atoms with E-state index in [1.807, 2.05) is 0 Å². The van der Waals surface area contributed by atoms with Crippen LogP contribution in [0, 0.1) is 5.82 Å². The Labute approximate surface area is 141 Å². The summed E-state index contributed by atoms with van der Waals surface area (Å²) >= 11 is 0. The molecule has 2 aromatic carbocycles. The van der Waals surface area contributed by atoms with Gasteiger partial charge in [0.1, 0.15) is 11.4 Å². The number of para-hydroxylation sites is 1. The monoisotopic (exact) mass is 339 g/mol. The number of fused-ring (bicyclic) bond motifs is 2. The summed E-state index contributed by atoms with van der Waals surface area (Å²) in [5.74, 6) is -0.889. The lowest BCUT2D eigenvalue weighted by Crippen LogP contribution is -2.32. The van der Waals surface area contributed by atoms with Crippen LogP contribution in [-0.4, -0.2) is 29.1 Å². The molecule has 1 N–H and O–H groups in total. The Morgan fingerprint density at radius 3 is 2.52 bits per heavy atom. The van der Waals surface area contributed by atoms with Crippen LogP contribution in [0.2, 0.25) is 0 Å². The van der Waals surface area contributed by atoms with Gasteiger partial charge in [-0.2, -0.15) is 0 Å². The molecule has 0 fully saturated rings. The number of carbonyl (C=O) groups excluding carboxylic acids is 1. The van der Waals surface area contributed by atoms with Crippen LogP contribution in [0.4, 0.5) is 4.39 Å². The van der Waals surface area contributed by atoms with Crippen molar-refractivity contribution >= 4 is 16.9 Å². The molecule has 25 heavy (non-hydrogen) atoms. The lowest BCUT2D eigenvalue weighted by atomic mass is 9.98. The second-order valence-corrected chi connectivity index (χ2v) is 5.85. The molecule has 5 nitrogen and oxygen atoms in total. The molecule has 6 heteroatoms. The summed E-state index contributed by atoms with van der Waals surface area (Å²) < 4.78 is 19.0. The van der Waals surface area contributed by atoms with Crippen LogP contribution in [0.3, 0.4) is 0 Å². The zero-order valence-electron chi connectivity index (χ0n) is 13.1. The smallest absolute Gasteiger partial charge is 0.290 e. The topological polar surface area (TPSA) is 70.8 Å². The zero-order valence-corrected chi connectivity index (χ0v) is 13.1.